The summed E-state index contributed by atoms with van der Waals surface area (Å²) in [6.45, 7) is 0. The maximum Gasteiger partial charge on any atom is 0.117 e. The van der Waals surface area contributed by atoms with Crippen molar-refractivity contribution in [3.05, 3.63) is 57.5 Å². The number of benzene rings is 2. The minimum Gasteiger partial charge on any atom is -0.242 e. The van der Waals surface area contributed by atoms with Crippen molar-refractivity contribution in [3.63, 3.8) is 0 Å². The number of halogens is 2. The Hall–Kier alpha value is -0.100. The van der Waals surface area contributed by atoms with Gasteiger partial charge in [0.1, 0.15) is 9.83 Å². The molecule has 17 heavy (non-hydrogen) atoms. The van der Waals surface area contributed by atoms with Crippen LogP contribution >= 0.6 is 42.7 Å². The first kappa shape index (κ1) is 13.3. The molecule has 5 heteroatoms. The monoisotopic (exact) mass is 390 g/mol. The van der Waals surface area contributed by atoms with Crippen LogP contribution in [0.15, 0.2) is 67.3 Å². The minimum absolute atomic E-state index is 0.820. The van der Waals surface area contributed by atoms with E-state index < -0.39 is 9.83 Å². The van der Waals surface area contributed by atoms with Gasteiger partial charge in [-0.1, -0.05) is 31.9 Å². The predicted molar refractivity (Wildman–Crippen MR) is 80.5 cm³/mol. The zero-order valence-corrected chi connectivity index (χ0v) is 13.4. The number of hydrogen-bond donors (Lipinski definition) is 0. The summed E-state index contributed by atoms with van der Waals surface area (Å²) in [4.78, 5) is 1.82. The molecule has 0 saturated carbocycles. The van der Waals surface area contributed by atoms with Crippen LogP contribution in [-0.2, 0) is 9.83 Å². The van der Waals surface area contributed by atoms with Crippen molar-refractivity contribution in [1.29, 1.82) is 0 Å². The average molecular weight is 392 g/mol. The van der Waals surface area contributed by atoms with Crippen LogP contribution in [0.3, 0.4) is 0 Å². The van der Waals surface area contributed by atoms with Crippen LogP contribution in [0.1, 0.15) is 0 Å². The van der Waals surface area contributed by atoms with Gasteiger partial charge in [0.2, 0.25) is 0 Å². The van der Waals surface area contributed by atoms with E-state index >= 15 is 0 Å². The van der Waals surface area contributed by atoms with Gasteiger partial charge in [0.05, 0.1) is 4.90 Å². The zero-order valence-electron chi connectivity index (χ0n) is 8.60. The Labute approximate surface area is 123 Å². The van der Waals surface area contributed by atoms with Gasteiger partial charge in [0, 0.05) is 13.8 Å². The van der Waals surface area contributed by atoms with Gasteiger partial charge in [0.15, 0.2) is 0 Å². The molecular weight excluding hydrogens is 384 g/mol. The molecule has 1 nitrogen and oxygen atoms in total. The molecule has 2 aromatic carbocycles. The molecule has 0 unspecified atom stereocenters. The van der Waals surface area contributed by atoms with Crippen molar-refractivity contribution >= 4 is 52.5 Å². The van der Waals surface area contributed by atoms with Gasteiger partial charge in [-0.2, -0.15) is 0 Å². The van der Waals surface area contributed by atoms with Gasteiger partial charge in [-0.25, -0.2) is 4.21 Å². The summed E-state index contributed by atoms with van der Waals surface area (Å²) in [5.41, 5.74) is 0. The van der Waals surface area contributed by atoms with E-state index in [-0.39, 0.29) is 0 Å². The highest BCUT2D eigenvalue weighted by molar-refractivity contribution is 9.10. The van der Waals surface area contributed by atoms with Crippen LogP contribution in [0, 0.1) is 0 Å². The first-order chi connectivity index (χ1) is 8.15. The second-order valence-corrected chi connectivity index (χ2v) is 8.04. The minimum atomic E-state index is -1.07. The molecule has 2 rings (SSSR count). The van der Waals surface area contributed by atoms with Gasteiger partial charge >= 0.3 is 0 Å². The zero-order chi connectivity index (χ0) is 12.3. The third kappa shape index (κ3) is 3.95. The van der Waals surface area contributed by atoms with E-state index in [1.165, 1.54) is 10.8 Å². The second kappa shape index (κ2) is 6.18. The third-order valence-electron chi connectivity index (χ3n) is 1.99. The maximum absolute atomic E-state index is 12.1. The first-order valence-electron chi connectivity index (χ1n) is 4.76. The number of rotatable bonds is 3. The van der Waals surface area contributed by atoms with Crippen molar-refractivity contribution in [2.24, 2.45) is 0 Å². The van der Waals surface area contributed by atoms with Gasteiger partial charge in [-0.3, -0.25) is 0 Å². The third-order valence-corrected chi connectivity index (χ3v) is 5.93. The smallest absolute Gasteiger partial charge is 0.117 e. The summed E-state index contributed by atoms with van der Waals surface area (Å²) < 4.78 is 14.1. The van der Waals surface area contributed by atoms with E-state index in [4.69, 9.17) is 0 Å². The van der Waals surface area contributed by atoms with E-state index in [1.807, 2.05) is 48.5 Å². The van der Waals surface area contributed by atoms with Crippen LogP contribution in [0.4, 0.5) is 0 Å². The Balaban J connectivity index is 2.11. The Bertz CT molecular complexity index is 523. The largest absolute Gasteiger partial charge is 0.242 e. The average Bonchev–Trinajstić information content (AvgIpc) is 2.33. The van der Waals surface area contributed by atoms with Crippen molar-refractivity contribution < 1.29 is 4.21 Å². The Kier molecular flexibility index (Phi) is 4.85. The van der Waals surface area contributed by atoms with E-state index in [9.17, 15) is 4.21 Å². The summed E-state index contributed by atoms with van der Waals surface area (Å²) >= 11 is 6.73. The van der Waals surface area contributed by atoms with E-state index in [2.05, 4.69) is 31.9 Å². The molecule has 0 fully saturated rings. The lowest BCUT2D eigenvalue weighted by atomic mass is 10.4. The SMILES string of the molecule is O=[S@@](Sc1ccc(Br)cc1)c1ccc(Br)cc1. The van der Waals surface area contributed by atoms with Crippen molar-refractivity contribution in [1.82, 2.24) is 0 Å². The molecular formula is C12H8Br2OS2. The second-order valence-electron chi connectivity index (χ2n) is 3.23. The quantitative estimate of drug-likeness (QED) is 0.682. The molecule has 0 radical (unpaired) electrons. The van der Waals surface area contributed by atoms with Crippen LogP contribution in [0.25, 0.3) is 0 Å². The molecule has 0 heterocycles. The van der Waals surface area contributed by atoms with Crippen LogP contribution in [0.2, 0.25) is 0 Å². The molecule has 0 bridgehead atoms. The fourth-order valence-electron chi connectivity index (χ4n) is 1.17. The highest BCUT2D eigenvalue weighted by atomic mass is 79.9. The van der Waals surface area contributed by atoms with Gasteiger partial charge < -0.3 is 0 Å². The summed E-state index contributed by atoms with van der Waals surface area (Å²) in [6, 6.07) is 15.3. The van der Waals surface area contributed by atoms with Gasteiger partial charge in [-0.05, 0) is 59.3 Å². The van der Waals surface area contributed by atoms with Gasteiger partial charge in [-0.15, -0.1) is 0 Å². The Morgan fingerprint density at radius 3 is 1.82 bits per heavy atom. The van der Waals surface area contributed by atoms with Crippen LogP contribution in [-0.4, -0.2) is 4.21 Å². The van der Waals surface area contributed by atoms with Crippen molar-refractivity contribution in [2.45, 2.75) is 9.79 Å². The molecule has 2 aromatic rings. The molecule has 0 aliphatic heterocycles. The predicted octanol–water partition coefficient (Wildman–Crippen LogP) is 5.03. The lowest BCUT2D eigenvalue weighted by molar-refractivity contribution is 0.691. The number of hydrogen-bond acceptors (Lipinski definition) is 2. The molecule has 0 N–H and O–H groups in total. The van der Waals surface area contributed by atoms with Crippen molar-refractivity contribution in [2.75, 3.05) is 0 Å². The summed E-state index contributed by atoms with van der Waals surface area (Å²) in [5.74, 6) is 0. The molecule has 0 aliphatic rings. The topological polar surface area (TPSA) is 17.1 Å². The molecule has 1 atom stereocenters. The molecule has 88 valence electrons. The van der Waals surface area contributed by atoms with Crippen molar-refractivity contribution in [3.8, 4) is 0 Å². The molecule has 0 amide bonds. The lowest BCUT2D eigenvalue weighted by Crippen LogP contribution is -1.85. The lowest BCUT2D eigenvalue weighted by Gasteiger charge is -2.02. The van der Waals surface area contributed by atoms with Gasteiger partial charge in [0.25, 0.3) is 0 Å². The van der Waals surface area contributed by atoms with E-state index in [1.54, 1.807) is 0 Å². The van der Waals surface area contributed by atoms with E-state index in [0.29, 0.717) is 0 Å². The normalized spacial score (nSPS) is 12.4. The summed E-state index contributed by atoms with van der Waals surface area (Å²) in [5, 5.41) is 0. The first-order valence-corrected chi connectivity index (χ1v) is 8.83. The molecule has 0 spiro atoms. The van der Waals surface area contributed by atoms with Crippen LogP contribution in [0.5, 0.6) is 0 Å². The summed E-state index contributed by atoms with van der Waals surface area (Å²) in [7, 11) is 0.279. The maximum atomic E-state index is 12.1. The standard InChI is InChI=1S/C12H8Br2OS2/c13-9-1-5-11(6-2-9)16-17(15)12-7-3-10(14)4-8-12/h1-8H/t17-/m0/s1. The fourth-order valence-corrected chi connectivity index (χ4v) is 4.06. The fraction of sp³-hybridized carbons (Fsp3) is 0. The van der Waals surface area contributed by atoms with Crippen LogP contribution < -0.4 is 0 Å². The summed E-state index contributed by atoms with van der Waals surface area (Å²) in [6.07, 6.45) is 0. The highest BCUT2D eigenvalue weighted by Crippen LogP contribution is 2.28. The van der Waals surface area contributed by atoms with E-state index in [0.717, 1.165) is 18.7 Å². The highest BCUT2D eigenvalue weighted by Gasteiger charge is 2.06. The molecule has 0 aliphatic carbocycles. The Morgan fingerprint density at radius 2 is 1.29 bits per heavy atom. The molecule has 0 saturated heterocycles. The Morgan fingerprint density at radius 1 is 0.824 bits per heavy atom. The molecule has 0 aromatic heterocycles.